The first-order chi connectivity index (χ1) is 11.2. The molecule has 1 N–H and O–H groups in total. The summed E-state index contributed by atoms with van der Waals surface area (Å²) in [5.74, 6) is 0.412. The molecule has 0 aliphatic carbocycles. The van der Waals surface area contributed by atoms with Gasteiger partial charge in [0.1, 0.15) is 5.76 Å². The fraction of sp³-hybridized carbons (Fsp3) is 0.467. The topological polar surface area (TPSA) is 94.2 Å². The smallest absolute Gasteiger partial charge is 0.287 e. The molecule has 0 radical (unpaired) electrons. The summed E-state index contributed by atoms with van der Waals surface area (Å²) in [4.78, 5) is 12.2. The highest BCUT2D eigenvalue weighted by Gasteiger charge is 2.29. The van der Waals surface area contributed by atoms with Crippen molar-refractivity contribution in [3.05, 3.63) is 40.1 Å². The number of aryl methyl sites for hydroxylation is 1. The second kappa shape index (κ2) is 6.25. The van der Waals surface area contributed by atoms with Gasteiger partial charge in [0.15, 0.2) is 15.6 Å². The van der Waals surface area contributed by atoms with E-state index >= 15 is 0 Å². The molecule has 1 amide bonds. The molecule has 1 saturated heterocycles. The molecule has 0 bridgehead atoms. The standard InChI is InChI=1S/C15H18ClN3O4S/c1-9-14(16)10(2)19(18-9)7-12-3-4-13(23-12)15(20)17-11-5-6-24(21,22)8-11/h3-4,11H,5-8H2,1-2H3,(H,17,20). The van der Waals surface area contributed by atoms with Crippen molar-refractivity contribution in [1.29, 1.82) is 0 Å². The van der Waals surface area contributed by atoms with Crippen molar-refractivity contribution in [2.45, 2.75) is 32.9 Å². The van der Waals surface area contributed by atoms with Crippen LogP contribution in [0, 0.1) is 13.8 Å². The van der Waals surface area contributed by atoms with E-state index in [0.29, 0.717) is 23.7 Å². The number of sulfone groups is 1. The number of halogens is 1. The van der Waals surface area contributed by atoms with Gasteiger partial charge in [0.05, 0.1) is 34.5 Å². The van der Waals surface area contributed by atoms with E-state index in [4.69, 9.17) is 16.0 Å². The molecule has 7 nitrogen and oxygen atoms in total. The zero-order valence-corrected chi connectivity index (χ0v) is 14.9. The molecular weight excluding hydrogens is 354 g/mol. The van der Waals surface area contributed by atoms with Crippen LogP contribution < -0.4 is 5.32 Å². The molecule has 130 valence electrons. The number of rotatable bonds is 4. The van der Waals surface area contributed by atoms with Crippen molar-refractivity contribution in [2.24, 2.45) is 0 Å². The summed E-state index contributed by atoms with van der Waals surface area (Å²) in [6, 6.07) is 2.91. The number of amides is 1. The lowest BCUT2D eigenvalue weighted by Crippen LogP contribution is -2.35. The highest BCUT2D eigenvalue weighted by Crippen LogP contribution is 2.20. The van der Waals surface area contributed by atoms with Crippen molar-refractivity contribution in [1.82, 2.24) is 15.1 Å². The number of carbonyl (C=O) groups excluding carboxylic acids is 1. The van der Waals surface area contributed by atoms with Gasteiger partial charge in [-0.25, -0.2) is 8.42 Å². The molecule has 1 unspecified atom stereocenters. The molecule has 0 aromatic carbocycles. The van der Waals surface area contributed by atoms with Gasteiger partial charge in [0, 0.05) is 6.04 Å². The zero-order valence-electron chi connectivity index (χ0n) is 13.4. The Morgan fingerprint density at radius 3 is 2.79 bits per heavy atom. The third-order valence-corrected chi connectivity index (χ3v) is 6.37. The van der Waals surface area contributed by atoms with Crippen molar-refractivity contribution in [3.63, 3.8) is 0 Å². The Hall–Kier alpha value is -1.80. The summed E-state index contributed by atoms with van der Waals surface area (Å²) in [7, 11) is -3.03. The van der Waals surface area contributed by atoms with Crippen LogP contribution in [0.15, 0.2) is 16.5 Å². The second-order valence-electron chi connectivity index (χ2n) is 5.98. The van der Waals surface area contributed by atoms with Crippen LogP contribution in [0.25, 0.3) is 0 Å². The van der Waals surface area contributed by atoms with Crippen molar-refractivity contribution < 1.29 is 17.6 Å². The van der Waals surface area contributed by atoms with Crippen molar-refractivity contribution in [3.8, 4) is 0 Å². The average Bonchev–Trinajstić information content (AvgIpc) is 3.16. The lowest BCUT2D eigenvalue weighted by atomic mass is 10.2. The number of furan rings is 1. The highest BCUT2D eigenvalue weighted by molar-refractivity contribution is 7.91. The summed E-state index contributed by atoms with van der Waals surface area (Å²) in [6.07, 6.45) is 0.436. The quantitative estimate of drug-likeness (QED) is 0.882. The number of nitrogens with zero attached hydrogens (tertiary/aromatic N) is 2. The van der Waals surface area contributed by atoms with E-state index < -0.39 is 15.7 Å². The Bertz CT molecular complexity index is 885. The minimum absolute atomic E-state index is 0.0173. The molecule has 2 aromatic heterocycles. The van der Waals surface area contributed by atoms with E-state index in [9.17, 15) is 13.2 Å². The first-order valence-corrected chi connectivity index (χ1v) is 9.74. The van der Waals surface area contributed by atoms with E-state index in [1.54, 1.807) is 16.8 Å². The van der Waals surface area contributed by atoms with E-state index in [0.717, 1.165) is 11.4 Å². The van der Waals surface area contributed by atoms with Gasteiger partial charge in [-0.05, 0) is 32.4 Å². The molecule has 24 heavy (non-hydrogen) atoms. The number of hydrogen-bond donors (Lipinski definition) is 1. The number of carbonyl (C=O) groups is 1. The van der Waals surface area contributed by atoms with Crippen LogP contribution in [0.3, 0.4) is 0 Å². The molecule has 9 heteroatoms. The first-order valence-electron chi connectivity index (χ1n) is 7.54. The maximum absolute atomic E-state index is 12.2. The minimum atomic E-state index is -3.03. The lowest BCUT2D eigenvalue weighted by molar-refractivity contribution is 0.0911. The molecule has 3 heterocycles. The molecule has 1 aliphatic heterocycles. The average molecular weight is 372 g/mol. The van der Waals surface area contributed by atoms with Gasteiger partial charge in [-0.3, -0.25) is 9.48 Å². The van der Waals surface area contributed by atoms with Gasteiger partial charge in [0.25, 0.3) is 5.91 Å². The molecule has 3 rings (SSSR count). The molecule has 1 aliphatic rings. The van der Waals surface area contributed by atoms with Crippen LogP contribution in [-0.2, 0) is 16.4 Å². The predicted molar refractivity (Wildman–Crippen MR) is 89.0 cm³/mol. The van der Waals surface area contributed by atoms with Crippen molar-refractivity contribution >= 4 is 27.3 Å². The van der Waals surface area contributed by atoms with E-state index in [1.807, 2.05) is 13.8 Å². The summed E-state index contributed by atoms with van der Waals surface area (Å²) < 4.78 is 30.1. The lowest BCUT2D eigenvalue weighted by Gasteiger charge is -2.08. The van der Waals surface area contributed by atoms with Crippen LogP contribution in [0.2, 0.25) is 5.02 Å². The maximum Gasteiger partial charge on any atom is 0.287 e. The monoisotopic (exact) mass is 371 g/mol. The van der Waals surface area contributed by atoms with Gasteiger partial charge in [-0.15, -0.1) is 0 Å². The Balaban J connectivity index is 1.67. The van der Waals surface area contributed by atoms with Crippen molar-refractivity contribution in [2.75, 3.05) is 11.5 Å². The second-order valence-corrected chi connectivity index (χ2v) is 8.59. The Morgan fingerprint density at radius 1 is 1.46 bits per heavy atom. The largest absolute Gasteiger partial charge is 0.454 e. The van der Waals surface area contributed by atoms with Crippen LogP contribution in [0.5, 0.6) is 0 Å². The normalized spacial score (nSPS) is 19.5. The summed E-state index contributed by atoms with van der Waals surface area (Å²) >= 11 is 6.11. The van der Waals surface area contributed by atoms with Gasteiger partial charge in [-0.1, -0.05) is 11.6 Å². The number of aromatic nitrogens is 2. The Labute approximate surface area is 144 Å². The Morgan fingerprint density at radius 2 is 2.21 bits per heavy atom. The fourth-order valence-corrected chi connectivity index (χ4v) is 4.54. The summed E-state index contributed by atoms with van der Waals surface area (Å²) in [6.45, 7) is 4.05. The zero-order chi connectivity index (χ0) is 17.5. The van der Waals surface area contributed by atoms with Gasteiger partial charge in [-0.2, -0.15) is 5.10 Å². The molecule has 1 atom stereocenters. The molecular formula is C15H18ClN3O4S. The van der Waals surface area contributed by atoms with Crippen LogP contribution in [0.4, 0.5) is 0 Å². The molecule has 0 spiro atoms. The Kier molecular flexibility index (Phi) is 4.44. The predicted octanol–water partition coefficient (Wildman–Crippen LogP) is 1.71. The summed E-state index contributed by atoms with van der Waals surface area (Å²) in [5.41, 5.74) is 1.56. The minimum Gasteiger partial charge on any atom is -0.454 e. The molecule has 0 saturated carbocycles. The molecule has 2 aromatic rings. The third-order valence-electron chi connectivity index (χ3n) is 4.05. The molecule has 1 fully saturated rings. The van der Waals surface area contributed by atoms with E-state index in [1.165, 1.54) is 0 Å². The van der Waals surface area contributed by atoms with Gasteiger partial charge < -0.3 is 9.73 Å². The first kappa shape index (κ1) is 17.0. The van der Waals surface area contributed by atoms with Crippen LogP contribution in [0.1, 0.15) is 34.1 Å². The van der Waals surface area contributed by atoms with Gasteiger partial charge >= 0.3 is 0 Å². The summed E-state index contributed by atoms with van der Waals surface area (Å²) in [5, 5.41) is 7.63. The number of hydrogen-bond acceptors (Lipinski definition) is 5. The number of nitrogens with one attached hydrogen (secondary N) is 1. The van der Waals surface area contributed by atoms with Crippen LogP contribution in [-0.4, -0.2) is 41.7 Å². The fourth-order valence-electron chi connectivity index (χ4n) is 2.73. The van der Waals surface area contributed by atoms with Gasteiger partial charge in [0.2, 0.25) is 0 Å². The van der Waals surface area contributed by atoms with E-state index in [-0.39, 0.29) is 23.3 Å². The van der Waals surface area contributed by atoms with Crippen LogP contribution >= 0.6 is 11.6 Å². The third kappa shape index (κ3) is 3.49. The SMILES string of the molecule is Cc1nn(Cc2ccc(C(=O)NC3CCS(=O)(=O)C3)o2)c(C)c1Cl. The highest BCUT2D eigenvalue weighted by atomic mass is 35.5. The van der Waals surface area contributed by atoms with E-state index in [2.05, 4.69) is 10.4 Å². The maximum atomic E-state index is 12.2.